The number of carbonyl (C=O) groups is 2. The number of carboxylic acid groups (broad SMARTS) is 1. The molecular weight excluding hydrogens is 436 g/mol. The molecule has 0 aliphatic rings. The Kier molecular flexibility index (Phi) is 7.06. The Bertz CT molecular complexity index is 1250. The van der Waals surface area contributed by atoms with E-state index in [0.29, 0.717) is 22.3 Å². The number of nitrogens with one attached hydrogen (secondary N) is 1. The molecule has 0 fully saturated rings. The number of benzene rings is 3. The number of carbonyl (C=O) groups excluding carboxylic acids is 1. The molecule has 0 aliphatic carbocycles. The number of anilines is 1. The molecule has 0 unspecified atom stereocenters. The maximum absolute atomic E-state index is 12.3. The first-order valence-corrected chi connectivity index (χ1v) is 11.2. The van der Waals surface area contributed by atoms with E-state index in [1.165, 1.54) is 23.9 Å². The maximum Gasteiger partial charge on any atom is 0.335 e. The Labute approximate surface area is 194 Å². The number of amides is 1. The monoisotopic (exact) mass is 456 g/mol. The van der Waals surface area contributed by atoms with Crippen molar-refractivity contribution < 1.29 is 14.7 Å². The van der Waals surface area contributed by atoms with E-state index < -0.39 is 5.97 Å². The van der Waals surface area contributed by atoms with E-state index in [9.17, 15) is 9.59 Å². The van der Waals surface area contributed by atoms with Crippen molar-refractivity contribution in [3.63, 3.8) is 0 Å². The minimum Gasteiger partial charge on any atom is -0.478 e. The first kappa shape index (κ1) is 22.2. The summed E-state index contributed by atoms with van der Waals surface area (Å²) in [7, 11) is 0. The molecule has 8 heteroatoms. The fraction of sp³-hybridized carbons (Fsp3) is 0.0800. The van der Waals surface area contributed by atoms with Gasteiger partial charge in [0.25, 0.3) is 0 Å². The summed E-state index contributed by atoms with van der Waals surface area (Å²) in [5.74, 6) is -0.714. The standard InChI is InChI=1S/C25H20N4O3S/c30-21(26-20-13-11-19(12-14-20)24(31)32)15-16-33-25-27-22(17-7-3-1-4-8-17)23(28-29-25)18-9-5-2-6-10-18/h1-14H,15-16H2,(H,26,30)(H,31,32). The highest BCUT2D eigenvalue weighted by Crippen LogP contribution is 2.29. The van der Waals surface area contributed by atoms with Crippen molar-refractivity contribution in [1.29, 1.82) is 0 Å². The van der Waals surface area contributed by atoms with E-state index in [-0.39, 0.29) is 17.9 Å². The summed E-state index contributed by atoms with van der Waals surface area (Å²) in [5.41, 5.74) is 4.03. The van der Waals surface area contributed by atoms with Crippen LogP contribution in [0.3, 0.4) is 0 Å². The molecule has 0 bridgehead atoms. The van der Waals surface area contributed by atoms with Crippen molar-refractivity contribution in [2.45, 2.75) is 11.6 Å². The molecule has 0 aliphatic heterocycles. The molecular formula is C25H20N4O3S. The number of aromatic nitrogens is 3. The van der Waals surface area contributed by atoms with E-state index in [1.807, 2.05) is 60.7 Å². The van der Waals surface area contributed by atoms with Crippen LogP contribution >= 0.6 is 11.8 Å². The Balaban J connectivity index is 1.43. The molecule has 0 spiro atoms. The molecule has 3 aromatic carbocycles. The predicted octanol–water partition coefficient (Wildman–Crippen LogP) is 5.02. The van der Waals surface area contributed by atoms with E-state index in [4.69, 9.17) is 10.1 Å². The second-order valence-electron chi connectivity index (χ2n) is 7.05. The van der Waals surface area contributed by atoms with Gasteiger partial charge in [-0.2, -0.15) is 0 Å². The first-order chi connectivity index (χ1) is 16.1. The van der Waals surface area contributed by atoms with Crippen molar-refractivity contribution in [3.8, 4) is 22.5 Å². The van der Waals surface area contributed by atoms with Gasteiger partial charge in [0.05, 0.1) is 5.56 Å². The van der Waals surface area contributed by atoms with Crippen LogP contribution in [0, 0.1) is 0 Å². The molecule has 0 saturated carbocycles. The van der Waals surface area contributed by atoms with Crippen LogP contribution < -0.4 is 5.32 Å². The average Bonchev–Trinajstić information content (AvgIpc) is 2.85. The summed E-state index contributed by atoms with van der Waals surface area (Å²) < 4.78 is 0. The van der Waals surface area contributed by atoms with Crippen LogP contribution in [-0.4, -0.2) is 37.9 Å². The molecule has 1 aromatic heterocycles. The van der Waals surface area contributed by atoms with E-state index in [2.05, 4.69) is 15.5 Å². The topological polar surface area (TPSA) is 105 Å². The van der Waals surface area contributed by atoms with Gasteiger partial charge in [0, 0.05) is 29.0 Å². The Morgan fingerprint density at radius 1 is 0.788 bits per heavy atom. The van der Waals surface area contributed by atoms with Crippen molar-refractivity contribution in [1.82, 2.24) is 15.2 Å². The lowest BCUT2D eigenvalue weighted by molar-refractivity contribution is -0.115. The molecule has 7 nitrogen and oxygen atoms in total. The van der Waals surface area contributed by atoms with Gasteiger partial charge in [0.1, 0.15) is 11.4 Å². The second kappa shape index (κ2) is 10.5. The smallest absolute Gasteiger partial charge is 0.335 e. The third-order valence-corrected chi connectivity index (χ3v) is 5.58. The van der Waals surface area contributed by atoms with Gasteiger partial charge < -0.3 is 10.4 Å². The van der Waals surface area contributed by atoms with E-state index >= 15 is 0 Å². The van der Waals surface area contributed by atoms with Crippen molar-refractivity contribution in [2.24, 2.45) is 0 Å². The minimum atomic E-state index is -1.01. The fourth-order valence-electron chi connectivity index (χ4n) is 3.11. The third kappa shape index (κ3) is 5.81. The van der Waals surface area contributed by atoms with Crippen LogP contribution in [0.2, 0.25) is 0 Å². The van der Waals surface area contributed by atoms with E-state index in [0.717, 1.165) is 16.8 Å². The molecule has 4 rings (SSSR count). The normalized spacial score (nSPS) is 10.5. The summed E-state index contributed by atoms with van der Waals surface area (Å²) >= 11 is 1.36. The summed E-state index contributed by atoms with van der Waals surface area (Å²) in [5, 5.41) is 20.9. The van der Waals surface area contributed by atoms with Gasteiger partial charge in [-0.05, 0) is 24.3 Å². The number of nitrogens with zero attached hydrogens (tertiary/aromatic N) is 3. The molecule has 1 amide bonds. The Hall–Kier alpha value is -4.04. The highest BCUT2D eigenvalue weighted by atomic mass is 32.2. The highest BCUT2D eigenvalue weighted by molar-refractivity contribution is 7.99. The zero-order valence-corrected chi connectivity index (χ0v) is 18.3. The minimum absolute atomic E-state index is 0.168. The van der Waals surface area contributed by atoms with Gasteiger partial charge in [0.15, 0.2) is 0 Å². The molecule has 4 aromatic rings. The van der Waals surface area contributed by atoms with Crippen LogP contribution in [0.15, 0.2) is 90.1 Å². The van der Waals surface area contributed by atoms with Gasteiger partial charge in [-0.3, -0.25) is 4.79 Å². The lowest BCUT2D eigenvalue weighted by Gasteiger charge is -2.09. The van der Waals surface area contributed by atoms with E-state index in [1.54, 1.807) is 12.1 Å². The molecule has 33 heavy (non-hydrogen) atoms. The van der Waals surface area contributed by atoms with Gasteiger partial charge in [0.2, 0.25) is 11.1 Å². The summed E-state index contributed by atoms with van der Waals surface area (Å²) in [6.07, 6.45) is 0.246. The lowest BCUT2D eigenvalue weighted by atomic mass is 10.0. The Morgan fingerprint density at radius 2 is 1.39 bits per heavy atom. The maximum atomic E-state index is 12.3. The quantitative estimate of drug-likeness (QED) is 0.359. The average molecular weight is 457 g/mol. The fourth-order valence-corrected chi connectivity index (χ4v) is 3.84. The lowest BCUT2D eigenvalue weighted by Crippen LogP contribution is -2.12. The van der Waals surface area contributed by atoms with Gasteiger partial charge in [-0.25, -0.2) is 9.78 Å². The zero-order chi connectivity index (χ0) is 23.0. The van der Waals surface area contributed by atoms with Crippen LogP contribution in [-0.2, 0) is 4.79 Å². The molecule has 0 saturated heterocycles. The Morgan fingerprint density at radius 3 is 2.00 bits per heavy atom. The largest absolute Gasteiger partial charge is 0.478 e. The van der Waals surface area contributed by atoms with Gasteiger partial charge in [-0.15, -0.1) is 10.2 Å². The molecule has 164 valence electrons. The van der Waals surface area contributed by atoms with Crippen LogP contribution in [0.25, 0.3) is 22.5 Å². The predicted molar refractivity (Wildman–Crippen MR) is 128 cm³/mol. The molecule has 0 radical (unpaired) electrons. The molecule has 0 atom stereocenters. The van der Waals surface area contributed by atoms with Crippen LogP contribution in [0.4, 0.5) is 5.69 Å². The molecule has 2 N–H and O–H groups in total. The number of thioether (sulfide) groups is 1. The van der Waals surface area contributed by atoms with Crippen molar-refractivity contribution in [2.75, 3.05) is 11.1 Å². The highest BCUT2D eigenvalue weighted by Gasteiger charge is 2.14. The van der Waals surface area contributed by atoms with Crippen LogP contribution in [0.5, 0.6) is 0 Å². The summed E-state index contributed by atoms with van der Waals surface area (Å²) in [4.78, 5) is 27.9. The summed E-state index contributed by atoms with van der Waals surface area (Å²) in [6.45, 7) is 0. The number of rotatable bonds is 8. The van der Waals surface area contributed by atoms with Gasteiger partial charge >= 0.3 is 5.97 Å². The zero-order valence-electron chi connectivity index (χ0n) is 17.5. The SMILES string of the molecule is O=C(CCSc1nnc(-c2ccccc2)c(-c2ccccc2)n1)Nc1ccc(C(=O)O)cc1. The summed E-state index contributed by atoms with van der Waals surface area (Å²) in [6, 6.07) is 25.6. The number of carboxylic acids is 1. The van der Waals surface area contributed by atoms with Crippen molar-refractivity contribution in [3.05, 3.63) is 90.5 Å². The number of hydrogen-bond donors (Lipinski definition) is 2. The second-order valence-corrected chi connectivity index (χ2v) is 8.11. The van der Waals surface area contributed by atoms with Gasteiger partial charge in [-0.1, -0.05) is 72.4 Å². The van der Waals surface area contributed by atoms with Crippen molar-refractivity contribution >= 4 is 29.3 Å². The van der Waals surface area contributed by atoms with Crippen LogP contribution in [0.1, 0.15) is 16.8 Å². The molecule has 1 heterocycles. The third-order valence-electron chi connectivity index (χ3n) is 4.74. The first-order valence-electron chi connectivity index (χ1n) is 10.2. The number of aromatic carboxylic acids is 1. The number of hydrogen-bond acceptors (Lipinski definition) is 6.